The summed E-state index contributed by atoms with van der Waals surface area (Å²) in [6, 6.07) is 15.3. The van der Waals surface area contributed by atoms with Crippen LogP contribution in [-0.2, 0) is 0 Å². The van der Waals surface area contributed by atoms with Gasteiger partial charge in [0.1, 0.15) is 0 Å². The number of hydrogen-bond acceptors (Lipinski definition) is 2. The smallest absolute Gasteiger partial charge is 0.0998 e. The van der Waals surface area contributed by atoms with Crippen LogP contribution < -0.4 is 4.90 Å². The normalized spacial score (nSPS) is 11.1. The van der Waals surface area contributed by atoms with E-state index >= 15 is 0 Å². The predicted octanol–water partition coefficient (Wildman–Crippen LogP) is 5.12. The lowest BCUT2D eigenvalue weighted by molar-refractivity contribution is 1.13. The van der Waals surface area contributed by atoms with Crippen molar-refractivity contribution in [3.63, 3.8) is 0 Å². The largest absolute Gasteiger partial charge is 0.378 e. The molecule has 0 bridgehead atoms. The van der Waals surface area contributed by atoms with Gasteiger partial charge in [0.15, 0.2) is 0 Å². The first-order valence-corrected chi connectivity index (χ1v) is 7.11. The lowest BCUT2D eigenvalue weighted by atomic mass is 10.0. The average Bonchev–Trinajstić information content (AvgIpc) is 2.46. The number of nitriles is 1. The van der Waals surface area contributed by atoms with E-state index < -0.39 is 0 Å². The van der Waals surface area contributed by atoms with Crippen LogP contribution in [-0.4, -0.2) is 14.1 Å². The van der Waals surface area contributed by atoms with E-state index in [9.17, 15) is 5.26 Å². The average molecular weight is 317 g/mol. The molecule has 0 saturated carbocycles. The molecule has 0 aliphatic carbocycles. The van der Waals surface area contributed by atoms with Gasteiger partial charge < -0.3 is 4.90 Å². The maximum Gasteiger partial charge on any atom is 0.0998 e. The first-order valence-electron chi connectivity index (χ1n) is 6.36. The highest BCUT2D eigenvalue weighted by Crippen LogP contribution is 2.28. The van der Waals surface area contributed by atoms with E-state index in [0.717, 1.165) is 11.3 Å². The van der Waals surface area contributed by atoms with Crippen LogP contribution in [0.25, 0.3) is 11.6 Å². The maximum atomic E-state index is 9.36. The molecule has 0 N–H and O–H groups in total. The molecule has 2 nitrogen and oxygen atoms in total. The lowest BCUT2D eigenvalue weighted by Crippen LogP contribution is -2.07. The fourth-order valence-corrected chi connectivity index (χ4v) is 2.42. The zero-order chi connectivity index (χ0) is 15.4. The zero-order valence-corrected chi connectivity index (χ0v) is 13.3. The Morgan fingerprint density at radius 2 is 1.76 bits per heavy atom. The van der Waals surface area contributed by atoms with Gasteiger partial charge in [-0.05, 0) is 35.9 Å². The van der Waals surface area contributed by atoms with E-state index in [1.165, 1.54) is 0 Å². The van der Waals surface area contributed by atoms with Gasteiger partial charge in [-0.1, -0.05) is 41.4 Å². The van der Waals surface area contributed by atoms with Crippen molar-refractivity contribution in [2.45, 2.75) is 0 Å². The topological polar surface area (TPSA) is 27.0 Å². The Balaban J connectivity index is 2.39. The molecule has 0 spiro atoms. The van der Waals surface area contributed by atoms with Gasteiger partial charge in [0, 0.05) is 30.4 Å². The van der Waals surface area contributed by atoms with Crippen molar-refractivity contribution in [3.05, 3.63) is 63.6 Å². The third-order valence-electron chi connectivity index (χ3n) is 3.06. The van der Waals surface area contributed by atoms with Crippen molar-refractivity contribution in [2.24, 2.45) is 0 Å². The maximum absolute atomic E-state index is 9.36. The molecule has 0 saturated heterocycles. The first kappa shape index (κ1) is 15.4. The van der Waals surface area contributed by atoms with Crippen molar-refractivity contribution in [1.82, 2.24) is 0 Å². The molecule has 0 fully saturated rings. The molecule has 0 unspecified atom stereocenters. The Bertz CT molecular complexity index is 711. The molecule has 2 aromatic carbocycles. The third-order valence-corrected chi connectivity index (χ3v) is 3.61. The van der Waals surface area contributed by atoms with Gasteiger partial charge in [-0.2, -0.15) is 5.26 Å². The van der Waals surface area contributed by atoms with Crippen molar-refractivity contribution >= 4 is 40.5 Å². The number of benzene rings is 2. The summed E-state index contributed by atoms with van der Waals surface area (Å²) in [6.07, 6.45) is 1.81. The molecule has 21 heavy (non-hydrogen) atoms. The highest BCUT2D eigenvalue weighted by Gasteiger charge is 2.07. The van der Waals surface area contributed by atoms with E-state index in [0.29, 0.717) is 21.2 Å². The van der Waals surface area contributed by atoms with Crippen molar-refractivity contribution in [3.8, 4) is 6.07 Å². The van der Waals surface area contributed by atoms with Crippen LogP contribution in [0.15, 0.2) is 42.5 Å². The summed E-state index contributed by atoms with van der Waals surface area (Å²) >= 11 is 12.0. The number of nitrogens with zero attached hydrogens (tertiary/aromatic N) is 2. The van der Waals surface area contributed by atoms with Crippen molar-refractivity contribution in [2.75, 3.05) is 19.0 Å². The number of hydrogen-bond donors (Lipinski definition) is 0. The molecule has 2 aromatic rings. The monoisotopic (exact) mass is 316 g/mol. The molecule has 106 valence electrons. The Kier molecular flexibility index (Phi) is 4.90. The predicted molar refractivity (Wildman–Crippen MR) is 90.7 cm³/mol. The van der Waals surface area contributed by atoms with Gasteiger partial charge in [0.05, 0.1) is 16.7 Å². The summed E-state index contributed by atoms with van der Waals surface area (Å²) in [7, 11) is 3.97. The van der Waals surface area contributed by atoms with Gasteiger partial charge in [0.2, 0.25) is 0 Å². The van der Waals surface area contributed by atoms with Gasteiger partial charge in [-0.25, -0.2) is 0 Å². The van der Waals surface area contributed by atoms with Crippen LogP contribution in [0.1, 0.15) is 11.1 Å². The summed E-state index contributed by atoms with van der Waals surface area (Å²) in [5.74, 6) is 0. The van der Waals surface area contributed by atoms with E-state index in [4.69, 9.17) is 23.2 Å². The Hall–Kier alpha value is -1.95. The summed E-state index contributed by atoms with van der Waals surface area (Å²) in [4.78, 5) is 2.02. The molecular weight excluding hydrogens is 303 g/mol. The van der Waals surface area contributed by atoms with Crippen LogP contribution in [0.2, 0.25) is 10.0 Å². The molecule has 0 aliphatic heterocycles. The Morgan fingerprint density at radius 1 is 1.10 bits per heavy atom. The molecule has 0 heterocycles. The van der Waals surface area contributed by atoms with E-state index in [1.807, 2.05) is 49.3 Å². The molecule has 0 aromatic heterocycles. The van der Waals surface area contributed by atoms with Gasteiger partial charge >= 0.3 is 0 Å². The molecule has 2 rings (SSSR count). The fourth-order valence-electron chi connectivity index (χ4n) is 1.91. The fraction of sp³-hybridized carbons (Fsp3) is 0.118. The Morgan fingerprint density at radius 3 is 2.29 bits per heavy atom. The lowest BCUT2D eigenvalue weighted by Gasteiger charge is -2.12. The number of halogens is 2. The van der Waals surface area contributed by atoms with Gasteiger partial charge in [-0.3, -0.25) is 0 Å². The van der Waals surface area contributed by atoms with Crippen molar-refractivity contribution < 1.29 is 0 Å². The van der Waals surface area contributed by atoms with E-state index in [1.54, 1.807) is 18.2 Å². The SMILES string of the molecule is CN(C)c1ccc(/C=C(\C#N)c2ccc(Cl)cc2Cl)cc1. The van der Waals surface area contributed by atoms with Crippen LogP contribution in [0.3, 0.4) is 0 Å². The number of allylic oxidation sites excluding steroid dienone is 1. The second kappa shape index (κ2) is 6.67. The minimum absolute atomic E-state index is 0.472. The second-order valence-corrected chi connectivity index (χ2v) is 5.62. The van der Waals surface area contributed by atoms with E-state index in [2.05, 4.69) is 6.07 Å². The summed E-state index contributed by atoms with van der Waals surface area (Å²) in [5, 5.41) is 10.4. The molecular formula is C17H14Cl2N2. The zero-order valence-electron chi connectivity index (χ0n) is 11.8. The molecule has 0 aliphatic rings. The van der Waals surface area contributed by atoms with Crippen LogP contribution in [0.4, 0.5) is 5.69 Å². The Labute approximate surface area is 134 Å². The molecule has 0 atom stereocenters. The van der Waals surface area contributed by atoms with Gasteiger partial charge in [0.25, 0.3) is 0 Å². The third kappa shape index (κ3) is 3.78. The molecule has 0 radical (unpaired) electrons. The molecule has 0 amide bonds. The second-order valence-electron chi connectivity index (χ2n) is 4.78. The summed E-state index contributed by atoms with van der Waals surface area (Å²) in [5.41, 5.74) is 3.24. The summed E-state index contributed by atoms with van der Waals surface area (Å²) in [6.45, 7) is 0. The summed E-state index contributed by atoms with van der Waals surface area (Å²) < 4.78 is 0. The highest BCUT2D eigenvalue weighted by molar-refractivity contribution is 6.36. The minimum atomic E-state index is 0.472. The molecule has 4 heteroatoms. The number of rotatable bonds is 3. The first-order chi connectivity index (χ1) is 10.0. The van der Waals surface area contributed by atoms with Gasteiger partial charge in [-0.15, -0.1) is 0 Å². The van der Waals surface area contributed by atoms with Crippen LogP contribution in [0, 0.1) is 11.3 Å². The minimum Gasteiger partial charge on any atom is -0.378 e. The number of anilines is 1. The highest BCUT2D eigenvalue weighted by atomic mass is 35.5. The standard InChI is InChI=1S/C17H14Cl2N2/c1-21(2)15-6-3-12(4-7-15)9-13(11-20)16-8-5-14(18)10-17(16)19/h3-10H,1-2H3/b13-9+. The van der Waals surface area contributed by atoms with Crippen LogP contribution >= 0.6 is 23.2 Å². The van der Waals surface area contributed by atoms with Crippen molar-refractivity contribution in [1.29, 1.82) is 5.26 Å². The van der Waals surface area contributed by atoms with Crippen LogP contribution in [0.5, 0.6) is 0 Å². The van der Waals surface area contributed by atoms with E-state index in [-0.39, 0.29) is 0 Å². The quantitative estimate of drug-likeness (QED) is 0.580.